The molecule has 1 fully saturated rings. The number of aromatic amines is 1. The van der Waals surface area contributed by atoms with Crippen molar-refractivity contribution in [2.24, 2.45) is 5.92 Å². The third kappa shape index (κ3) is 3.71. The summed E-state index contributed by atoms with van der Waals surface area (Å²) in [6.07, 6.45) is 1.91. The minimum atomic E-state index is 0.677. The molecule has 0 radical (unpaired) electrons. The van der Waals surface area contributed by atoms with E-state index in [1.54, 1.807) is 0 Å². The number of nitrogens with zero attached hydrogens (tertiary/aromatic N) is 2. The summed E-state index contributed by atoms with van der Waals surface area (Å²) < 4.78 is 5.32. The number of rotatable bonds is 5. The Morgan fingerprint density at radius 1 is 1.47 bits per heavy atom. The summed E-state index contributed by atoms with van der Waals surface area (Å²) >= 11 is 0. The van der Waals surface area contributed by atoms with Gasteiger partial charge in [0, 0.05) is 19.6 Å². The fourth-order valence-electron chi connectivity index (χ4n) is 1.87. The molecule has 0 atom stereocenters. The van der Waals surface area contributed by atoms with Crippen molar-refractivity contribution in [3.8, 4) is 0 Å². The molecule has 1 aromatic heterocycles. The molecule has 0 amide bonds. The maximum absolute atomic E-state index is 5.32. The van der Waals surface area contributed by atoms with Gasteiger partial charge in [-0.25, -0.2) is 4.98 Å². The van der Waals surface area contributed by atoms with Gasteiger partial charge in [0.05, 0.1) is 25.1 Å². The van der Waals surface area contributed by atoms with E-state index >= 15 is 0 Å². The van der Waals surface area contributed by atoms with E-state index in [-0.39, 0.29) is 0 Å². The number of H-pyrrole nitrogens is 1. The van der Waals surface area contributed by atoms with Crippen molar-refractivity contribution >= 4 is 5.95 Å². The van der Waals surface area contributed by atoms with Crippen LogP contribution in [0.15, 0.2) is 6.20 Å². The van der Waals surface area contributed by atoms with Gasteiger partial charge in [0.15, 0.2) is 0 Å². The molecule has 2 N–H and O–H groups in total. The third-order valence-corrected chi connectivity index (χ3v) is 2.79. The van der Waals surface area contributed by atoms with E-state index in [1.807, 2.05) is 6.20 Å². The Hall–Kier alpha value is -1.07. The lowest BCUT2D eigenvalue weighted by atomic mass is 10.2. The molecule has 0 unspecified atom stereocenters. The van der Waals surface area contributed by atoms with Gasteiger partial charge in [-0.05, 0) is 12.5 Å². The Kier molecular flexibility index (Phi) is 4.39. The summed E-state index contributed by atoms with van der Waals surface area (Å²) in [5.74, 6) is 1.64. The van der Waals surface area contributed by atoms with Crippen LogP contribution in [0.3, 0.4) is 0 Å². The highest BCUT2D eigenvalue weighted by Gasteiger charge is 2.13. The van der Waals surface area contributed by atoms with Gasteiger partial charge in [0.1, 0.15) is 0 Å². The monoisotopic (exact) mass is 238 g/mol. The Morgan fingerprint density at radius 2 is 2.24 bits per heavy atom. The lowest BCUT2D eigenvalue weighted by Gasteiger charge is -2.26. The van der Waals surface area contributed by atoms with Crippen LogP contribution in [0.2, 0.25) is 0 Å². The molecule has 96 valence electrons. The molecular formula is C12H22N4O. The van der Waals surface area contributed by atoms with Crippen LogP contribution in [0.5, 0.6) is 0 Å². The van der Waals surface area contributed by atoms with Crippen LogP contribution in [-0.4, -0.2) is 42.8 Å². The lowest BCUT2D eigenvalue weighted by Crippen LogP contribution is -2.36. The molecule has 0 spiro atoms. The van der Waals surface area contributed by atoms with E-state index in [1.165, 1.54) is 0 Å². The van der Waals surface area contributed by atoms with Crippen molar-refractivity contribution in [3.05, 3.63) is 11.9 Å². The summed E-state index contributed by atoms with van der Waals surface area (Å²) in [7, 11) is 0. The Balaban J connectivity index is 1.82. The number of aromatic nitrogens is 2. The SMILES string of the molecule is CC(C)CNCc1cnc(N2CCOCC2)[nH]1. The zero-order chi connectivity index (χ0) is 12.1. The summed E-state index contributed by atoms with van der Waals surface area (Å²) in [4.78, 5) is 10.00. The third-order valence-electron chi connectivity index (χ3n) is 2.79. The fraction of sp³-hybridized carbons (Fsp3) is 0.750. The van der Waals surface area contributed by atoms with Crippen LogP contribution in [0.1, 0.15) is 19.5 Å². The first-order valence-corrected chi connectivity index (χ1v) is 6.33. The number of imidazole rings is 1. The average molecular weight is 238 g/mol. The highest BCUT2D eigenvalue weighted by Crippen LogP contribution is 2.10. The first kappa shape index (κ1) is 12.4. The molecule has 5 heteroatoms. The largest absolute Gasteiger partial charge is 0.378 e. The molecule has 2 rings (SSSR count). The van der Waals surface area contributed by atoms with E-state index in [4.69, 9.17) is 4.74 Å². The van der Waals surface area contributed by atoms with E-state index in [0.717, 1.165) is 51.0 Å². The minimum Gasteiger partial charge on any atom is -0.378 e. The highest BCUT2D eigenvalue weighted by molar-refractivity contribution is 5.31. The van der Waals surface area contributed by atoms with Gasteiger partial charge in [0.25, 0.3) is 0 Å². The smallest absolute Gasteiger partial charge is 0.203 e. The van der Waals surface area contributed by atoms with Gasteiger partial charge in [-0.15, -0.1) is 0 Å². The van der Waals surface area contributed by atoms with Crippen LogP contribution >= 0.6 is 0 Å². The second kappa shape index (κ2) is 6.02. The predicted molar refractivity (Wildman–Crippen MR) is 68.2 cm³/mol. The van der Waals surface area contributed by atoms with Crippen molar-refractivity contribution in [2.45, 2.75) is 20.4 Å². The van der Waals surface area contributed by atoms with Gasteiger partial charge in [-0.2, -0.15) is 0 Å². The van der Waals surface area contributed by atoms with Gasteiger partial charge in [0.2, 0.25) is 5.95 Å². The second-order valence-corrected chi connectivity index (χ2v) is 4.86. The maximum Gasteiger partial charge on any atom is 0.203 e. The van der Waals surface area contributed by atoms with Gasteiger partial charge >= 0.3 is 0 Å². The van der Waals surface area contributed by atoms with Crippen LogP contribution in [0, 0.1) is 5.92 Å². The molecule has 0 saturated carbocycles. The number of anilines is 1. The Bertz CT molecular complexity index is 331. The fourth-order valence-corrected chi connectivity index (χ4v) is 1.87. The first-order chi connectivity index (χ1) is 8.25. The zero-order valence-electron chi connectivity index (χ0n) is 10.7. The highest BCUT2D eigenvalue weighted by atomic mass is 16.5. The van der Waals surface area contributed by atoms with Crippen LogP contribution in [0.4, 0.5) is 5.95 Å². The topological polar surface area (TPSA) is 53.2 Å². The van der Waals surface area contributed by atoms with Crippen molar-refractivity contribution in [2.75, 3.05) is 37.7 Å². The summed E-state index contributed by atoms with van der Waals surface area (Å²) in [6, 6.07) is 0. The van der Waals surface area contributed by atoms with Crippen LogP contribution in [-0.2, 0) is 11.3 Å². The van der Waals surface area contributed by atoms with Crippen molar-refractivity contribution < 1.29 is 4.74 Å². The van der Waals surface area contributed by atoms with Crippen molar-refractivity contribution in [1.82, 2.24) is 15.3 Å². The average Bonchev–Trinajstić information content (AvgIpc) is 2.78. The Morgan fingerprint density at radius 3 is 2.94 bits per heavy atom. The molecule has 17 heavy (non-hydrogen) atoms. The van der Waals surface area contributed by atoms with Crippen molar-refractivity contribution in [1.29, 1.82) is 0 Å². The quantitative estimate of drug-likeness (QED) is 0.803. The number of ether oxygens (including phenoxy) is 1. The predicted octanol–water partition coefficient (Wildman–Crippen LogP) is 0.992. The Labute approximate surface area is 103 Å². The van der Waals surface area contributed by atoms with E-state index in [9.17, 15) is 0 Å². The molecule has 0 aromatic carbocycles. The number of nitrogens with one attached hydrogen (secondary N) is 2. The second-order valence-electron chi connectivity index (χ2n) is 4.86. The van der Waals surface area contributed by atoms with Crippen LogP contribution in [0.25, 0.3) is 0 Å². The van der Waals surface area contributed by atoms with E-state index in [2.05, 4.69) is 34.0 Å². The van der Waals surface area contributed by atoms with Gasteiger partial charge in [-0.1, -0.05) is 13.8 Å². The molecule has 1 aromatic rings. The maximum atomic E-state index is 5.32. The van der Waals surface area contributed by atoms with E-state index < -0.39 is 0 Å². The molecule has 0 aliphatic carbocycles. The van der Waals surface area contributed by atoms with Gasteiger partial charge < -0.3 is 19.9 Å². The number of morpholine rings is 1. The molecule has 5 nitrogen and oxygen atoms in total. The summed E-state index contributed by atoms with van der Waals surface area (Å²) in [5.41, 5.74) is 1.15. The summed E-state index contributed by atoms with van der Waals surface area (Å²) in [6.45, 7) is 9.74. The molecule has 1 saturated heterocycles. The van der Waals surface area contributed by atoms with Crippen LogP contribution < -0.4 is 10.2 Å². The normalized spacial score (nSPS) is 16.8. The van der Waals surface area contributed by atoms with Crippen molar-refractivity contribution in [3.63, 3.8) is 0 Å². The van der Waals surface area contributed by atoms with E-state index in [0.29, 0.717) is 5.92 Å². The molecule has 1 aliphatic rings. The summed E-state index contributed by atoms with van der Waals surface area (Å²) in [5, 5.41) is 3.40. The molecular weight excluding hydrogens is 216 g/mol. The standard InChI is InChI=1S/C12H22N4O/c1-10(2)7-13-8-11-9-14-12(15-11)16-3-5-17-6-4-16/h9-10,13H,3-8H2,1-2H3,(H,14,15). The lowest BCUT2D eigenvalue weighted by molar-refractivity contribution is 0.122. The zero-order valence-corrected chi connectivity index (χ0v) is 10.7. The number of hydrogen-bond acceptors (Lipinski definition) is 4. The molecule has 1 aliphatic heterocycles. The number of hydrogen-bond donors (Lipinski definition) is 2. The van der Waals surface area contributed by atoms with Gasteiger partial charge in [-0.3, -0.25) is 0 Å². The first-order valence-electron chi connectivity index (χ1n) is 6.33. The molecule has 2 heterocycles. The molecule has 0 bridgehead atoms. The minimum absolute atomic E-state index is 0.677.